The lowest BCUT2D eigenvalue weighted by Crippen LogP contribution is -2.57. The van der Waals surface area contributed by atoms with Gasteiger partial charge in [-0.3, -0.25) is 19.2 Å². The van der Waals surface area contributed by atoms with Crippen molar-refractivity contribution >= 4 is 29.7 Å². The van der Waals surface area contributed by atoms with Crippen molar-refractivity contribution < 1.29 is 34.2 Å². The van der Waals surface area contributed by atoms with Crippen molar-refractivity contribution in [1.29, 1.82) is 0 Å². The summed E-state index contributed by atoms with van der Waals surface area (Å²) in [5.74, 6) is -4.81. The number of carboxylic acid groups (broad SMARTS) is 2. The highest BCUT2D eigenvalue weighted by Crippen LogP contribution is 2.09. The van der Waals surface area contributed by atoms with Gasteiger partial charge in [0, 0.05) is 6.42 Å². The van der Waals surface area contributed by atoms with E-state index in [2.05, 4.69) is 16.0 Å². The minimum absolute atomic E-state index is 0.0143. The zero-order valence-electron chi connectivity index (χ0n) is 18.1. The molecule has 0 aliphatic rings. The summed E-state index contributed by atoms with van der Waals surface area (Å²) < 4.78 is 0. The van der Waals surface area contributed by atoms with Crippen LogP contribution in [0, 0.1) is 11.8 Å². The number of nitrogens with one attached hydrogen (secondary N) is 3. The third-order valence-corrected chi connectivity index (χ3v) is 4.26. The number of amides is 3. The van der Waals surface area contributed by atoms with Gasteiger partial charge >= 0.3 is 11.9 Å². The Balaban J connectivity index is 5.46. The summed E-state index contributed by atoms with van der Waals surface area (Å²) in [5.41, 5.74) is 5.49. The number of aliphatic carboxylic acids is 2. The fourth-order valence-electron chi connectivity index (χ4n) is 2.58. The summed E-state index contributed by atoms with van der Waals surface area (Å²) in [4.78, 5) is 59.5. The molecule has 0 radical (unpaired) electrons. The molecule has 0 saturated carbocycles. The molecule has 0 aromatic heterocycles. The monoisotopic (exact) mass is 430 g/mol. The third kappa shape index (κ3) is 10.2. The maximum absolute atomic E-state index is 12.7. The predicted molar refractivity (Wildman–Crippen MR) is 108 cm³/mol. The molecule has 0 aromatic carbocycles. The molecule has 30 heavy (non-hydrogen) atoms. The summed E-state index contributed by atoms with van der Waals surface area (Å²) in [5, 5.41) is 25.5. The molecule has 172 valence electrons. The van der Waals surface area contributed by atoms with Gasteiger partial charge in [0.25, 0.3) is 0 Å². The Kier molecular flexibility index (Phi) is 11.6. The van der Waals surface area contributed by atoms with E-state index in [4.69, 9.17) is 10.8 Å². The molecule has 7 N–H and O–H groups in total. The first-order valence-electron chi connectivity index (χ1n) is 9.87. The molecule has 11 nitrogen and oxygen atoms in total. The van der Waals surface area contributed by atoms with Crippen LogP contribution in [0.4, 0.5) is 0 Å². The van der Waals surface area contributed by atoms with Crippen LogP contribution in [0.15, 0.2) is 0 Å². The smallest absolute Gasteiger partial charge is 0.326 e. The van der Waals surface area contributed by atoms with Gasteiger partial charge < -0.3 is 31.9 Å². The average Bonchev–Trinajstić information content (AvgIpc) is 2.60. The average molecular weight is 431 g/mol. The second-order valence-corrected chi connectivity index (χ2v) is 8.04. The Hall–Kier alpha value is -2.69. The van der Waals surface area contributed by atoms with E-state index in [0.29, 0.717) is 0 Å². The molecule has 4 unspecified atom stereocenters. The minimum Gasteiger partial charge on any atom is -0.481 e. The molecule has 0 fully saturated rings. The van der Waals surface area contributed by atoms with E-state index in [1.54, 1.807) is 13.8 Å². The highest BCUT2D eigenvalue weighted by atomic mass is 16.4. The Morgan fingerprint density at radius 2 is 1.30 bits per heavy atom. The maximum Gasteiger partial charge on any atom is 0.326 e. The van der Waals surface area contributed by atoms with E-state index >= 15 is 0 Å². The van der Waals surface area contributed by atoms with Gasteiger partial charge in [-0.05, 0) is 31.6 Å². The molecule has 0 saturated heterocycles. The second-order valence-electron chi connectivity index (χ2n) is 8.04. The number of hydrogen-bond donors (Lipinski definition) is 6. The molecule has 3 amide bonds. The highest BCUT2D eigenvalue weighted by molar-refractivity contribution is 5.94. The van der Waals surface area contributed by atoms with Crippen molar-refractivity contribution in [2.24, 2.45) is 17.6 Å². The number of carbonyl (C=O) groups is 5. The van der Waals surface area contributed by atoms with Crippen LogP contribution >= 0.6 is 0 Å². The van der Waals surface area contributed by atoms with Crippen LogP contribution in [0.3, 0.4) is 0 Å². The molecule has 0 aromatic rings. The summed E-state index contributed by atoms with van der Waals surface area (Å²) in [7, 11) is 0. The Bertz CT molecular complexity index is 634. The van der Waals surface area contributed by atoms with Gasteiger partial charge in [-0.2, -0.15) is 0 Å². The Morgan fingerprint density at radius 3 is 1.70 bits per heavy atom. The summed E-state index contributed by atoms with van der Waals surface area (Å²) >= 11 is 0. The fourth-order valence-corrected chi connectivity index (χ4v) is 2.58. The molecule has 0 bridgehead atoms. The fraction of sp³-hybridized carbons (Fsp3) is 0.737. The zero-order valence-corrected chi connectivity index (χ0v) is 18.1. The van der Waals surface area contributed by atoms with Crippen molar-refractivity contribution in [2.45, 2.75) is 78.0 Å². The van der Waals surface area contributed by atoms with Crippen LogP contribution in [-0.2, 0) is 24.0 Å². The van der Waals surface area contributed by atoms with E-state index in [1.807, 2.05) is 13.8 Å². The Morgan fingerprint density at radius 1 is 0.800 bits per heavy atom. The lowest BCUT2D eigenvalue weighted by molar-refractivity contribution is -0.143. The van der Waals surface area contributed by atoms with Crippen LogP contribution in [0.25, 0.3) is 0 Å². The lowest BCUT2D eigenvalue weighted by Gasteiger charge is -2.26. The first-order chi connectivity index (χ1) is 13.8. The van der Waals surface area contributed by atoms with Gasteiger partial charge in [-0.1, -0.05) is 27.7 Å². The van der Waals surface area contributed by atoms with E-state index in [9.17, 15) is 29.1 Å². The topological polar surface area (TPSA) is 188 Å². The molecular formula is C19H34N4O7. The number of rotatable bonds is 13. The molecule has 4 atom stereocenters. The summed E-state index contributed by atoms with van der Waals surface area (Å²) in [6.45, 7) is 8.34. The highest BCUT2D eigenvalue weighted by Gasteiger charge is 2.31. The van der Waals surface area contributed by atoms with E-state index in [1.165, 1.54) is 6.92 Å². The standard InChI is InChI=1S/C19H34N4O7/c1-9(2)8-13(18(28)23-15(10(3)4)19(29)30)22-17(27)12(6-7-14(24)25)21-16(26)11(5)20/h9-13,15H,6-8,20H2,1-5H3,(H,21,26)(H,22,27)(H,23,28)(H,24,25)(H,29,30). The van der Waals surface area contributed by atoms with E-state index < -0.39 is 53.8 Å². The van der Waals surface area contributed by atoms with Gasteiger partial charge in [-0.25, -0.2) is 4.79 Å². The van der Waals surface area contributed by atoms with Gasteiger partial charge in [-0.15, -0.1) is 0 Å². The van der Waals surface area contributed by atoms with Gasteiger partial charge in [0.15, 0.2) is 0 Å². The van der Waals surface area contributed by atoms with Gasteiger partial charge in [0.1, 0.15) is 18.1 Å². The molecule has 0 aliphatic carbocycles. The normalized spacial score (nSPS) is 15.1. The molecule has 0 heterocycles. The van der Waals surface area contributed by atoms with Crippen LogP contribution in [0.2, 0.25) is 0 Å². The van der Waals surface area contributed by atoms with Crippen molar-refractivity contribution in [3.8, 4) is 0 Å². The Labute approximate surface area is 176 Å². The number of carbonyl (C=O) groups excluding carboxylic acids is 3. The van der Waals surface area contributed by atoms with Crippen LogP contribution < -0.4 is 21.7 Å². The van der Waals surface area contributed by atoms with Crippen molar-refractivity contribution in [3.63, 3.8) is 0 Å². The largest absolute Gasteiger partial charge is 0.481 e. The SMILES string of the molecule is CC(C)CC(NC(=O)C(CCC(=O)O)NC(=O)C(C)N)C(=O)NC(C(=O)O)C(C)C. The number of nitrogens with two attached hydrogens (primary N) is 1. The van der Waals surface area contributed by atoms with Crippen LogP contribution in [0.5, 0.6) is 0 Å². The molecule has 0 rings (SSSR count). The number of hydrogen-bond acceptors (Lipinski definition) is 6. The van der Waals surface area contributed by atoms with Crippen molar-refractivity contribution in [1.82, 2.24) is 16.0 Å². The van der Waals surface area contributed by atoms with Gasteiger partial charge in [0.05, 0.1) is 6.04 Å². The quantitative estimate of drug-likeness (QED) is 0.224. The molecule has 0 spiro atoms. The van der Waals surface area contributed by atoms with Crippen LogP contribution in [0.1, 0.15) is 53.9 Å². The molecule has 0 aliphatic heterocycles. The predicted octanol–water partition coefficient (Wildman–Crippen LogP) is -0.560. The second kappa shape index (κ2) is 12.8. The van der Waals surface area contributed by atoms with Gasteiger partial charge in [0.2, 0.25) is 17.7 Å². The zero-order chi connectivity index (χ0) is 23.6. The maximum atomic E-state index is 12.7. The van der Waals surface area contributed by atoms with E-state index in [0.717, 1.165) is 0 Å². The minimum atomic E-state index is -1.21. The third-order valence-electron chi connectivity index (χ3n) is 4.26. The first kappa shape index (κ1) is 27.3. The van der Waals surface area contributed by atoms with Crippen molar-refractivity contribution in [2.75, 3.05) is 0 Å². The van der Waals surface area contributed by atoms with Crippen LogP contribution in [-0.4, -0.2) is 64.0 Å². The van der Waals surface area contributed by atoms with E-state index in [-0.39, 0.29) is 31.1 Å². The number of carboxylic acids is 2. The van der Waals surface area contributed by atoms with Crippen molar-refractivity contribution in [3.05, 3.63) is 0 Å². The summed E-state index contributed by atoms with van der Waals surface area (Å²) in [6.07, 6.45) is -0.360. The lowest BCUT2D eigenvalue weighted by atomic mass is 10.00. The summed E-state index contributed by atoms with van der Waals surface area (Å²) in [6, 6.07) is -4.31. The molecule has 11 heteroatoms. The first-order valence-corrected chi connectivity index (χ1v) is 9.87. The molecular weight excluding hydrogens is 396 g/mol.